The lowest BCUT2D eigenvalue weighted by molar-refractivity contribution is -0.133. The average Bonchev–Trinajstić information content (AvgIpc) is 2.73. The van der Waals surface area contributed by atoms with Gasteiger partial charge in [0.05, 0.1) is 42.2 Å². The molecule has 3 fully saturated rings. The number of halogens is 2. The Morgan fingerprint density at radius 2 is 1.70 bits per heavy atom. The number of pyridine rings is 1. The van der Waals surface area contributed by atoms with Gasteiger partial charge in [0, 0.05) is 42.7 Å². The Balaban J connectivity index is 1.74. The molecule has 0 amide bonds. The highest BCUT2D eigenvalue weighted by Crippen LogP contribution is 2.46. The molecule has 2 aromatic heterocycles. The number of aromatic nitrogens is 3. The van der Waals surface area contributed by atoms with Gasteiger partial charge in [0.25, 0.3) is 0 Å². The average molecular weight is 448 g/mol. The van der Waals surface area contributed by atoms with Crippen molar-refractivity contribution in [3.05, 3.63) is 28.4 Å². The van der Waals surface area contributed by atoms with Gasteiger partial charge in [-0.05, 0) is 6.07 Å². The van der Waals surface area contributed by atoms with E-state index in [1.165, 1.54) is 14.2 Å². The van der Waals surface area contributed by atoms with Gasteiger partial charge in [-0.2, -0.15) is 0 Å². The minimum atomic E-state index is 0.191. The second-order valence-corrected chi connectivity index (χ2v) is 8.06. The van der Waals surface area contributed by atoms with Gasteiger partial charge in [-0.25, -0.2) is 15.0 Å². The number of methoxy groups -OCH3 is 2. The molecule has 30 heavy (non-hydrogen) atoms. The van der Waals surface area contributed by atoms with Crippen molar-refractivity contribution in [1.82, 2.24) is 15.0 Å². The van der Waals surface area contributed by atoms with E-state index in [1.807, 2.05) is 6.07 Å². The summed E-state index contributed by atoms with van der Waals surface area (Å²) in [6.07, 6.45) is 3.14. The lowest BCUT2D eigenvalue weighted by Crippen LogP contribution is -2.57. The number of hydrogen-bond acceptors (Lipinski definition) is 8. The fourth-order valence-electron chi connectivity index (χ4n) is 4.02. The second-order valence-electron chi connectivity index (χ2n) is 7.30. The predicted octanol–water partition coefficient (Wildman–Crippen LogP) is 3.58. The summed E-state index contributed by atoms with van der Waals surface area (Å²) < 4.78 is 16.6. The Labute approximate surface area is 182 Å². The second kappa shape index (κ2) is 7.30. The van der Waals surface area contributed by atoms with Crippen molar-refractivity contribution < 1.29 is 14.2 Å². The highest BCUT2D eigenvalue weighted by Gasteiger charge is 2.39. The number of benzene rings is 1. The van der Waals surface area contributed by atoms with Crippen LogP contribution in [0.5, 0.6) is 11.5 Å². The Morgan fingerprint density at radius 3 is 2.30 bits per heavy atom. The molecule has 0 aliphatic carbocycles. The summed E-state index contributed by atoms with van der Waals surface area (Å²) in [5.74, 6) is 1.77. The highest BCUT2D eigenvalue weighted by molar-refractivity contribution is 6.41. The van der Waals surface area contributed by atoms with E-state index in [9.17, 15) is 0 Å². The van der Waals surface area contributed by atoms with E-state index >= 15 is 0 Å². The van der Waals surface area contributed by atoms with Crippen molar-refractivity contribution in [3.8, 4) is 22.8 Å². The standard InChI is InChI=1S/C20H19Cl2N5O3/c1-28-13-5-14(29-2)17(22)15(16(13)21)12-3-9-6-24-20(23)26-18(9)19(25-12)27-7-10-4-11(8-27)30-10/h3,5-6,10-11H,4,7-8H2,1-2H3,(H2,23,24,26). The fourth-order valence-corrected chi connectivity index (χ4v) is 4.72. The number of nitrogen functional groups attached to an aromatic ring is 1. The minimum absolute atomic E-state index is 0.191. The predicted molar refractivity (Wildman–Crippen MR) is 116 cm³/mol. The van der Waals surface area contributed by atoms with Crippen LogP contribution >= 0.6 is 23.2 Å². The number of nitrogens with two attached hydrogens (primary N) is 1. The monoisotopic (exact) mass is 447 g/mol. The third-order valence-corrected chi connectivity index (χ3v) is 6.20. The highest BCUT2D eigenvalue weighted by atomic mass is 35.5. The zero-order valence-electron chi connectivity index (χ0n) is 16.4. The third-order valence-electron chi connectivity index (χ3n) is 5.45. The van der Waals surface area contributed by atoms with Crippen molar-refractivity contribution in [3.63, 3.8) is 0 Å². The summed E-state index contributed by atoms with van der Waals surface area (Å²) in [5, 5.41) is 1.47. The summed E-state index contributed by atoms with van der Waals surface area (Å²) in [6.45, 7) is 1.46. The fraction of sp³-hybridized carbons (Fsp3) is 0.350. The van der Waals surface area contributed by atoms with E-state index in [2.05, 4.69) is 14.9 Å². The van der Waals surface area contributed by atoms with Crippen LogP contribution in [0.3, 0.4) is 0 Å². The minimum Gasteiger partial charge on any atom is -0.495 e. The SMILES string of the molecule is COc1cc(OC)c(Cl)c(-c2cc3cnc(N)nc3c(N3CC4CC(C3)O4)n2)c1Cl. The van der Waals surface area contributed by atoms with Crippen LogP contribution < -0.4 is 20.1 Å². The molecule has 2 unspecified atom stereocenters. The van der Waals surface area contributed by atoms with E-state index in [4.69, 9.17) is 48.1 Å². The maximum absolute atomic E-state index is 6.63. The summed E-state index contributed by atoms with van der Waals surface area (Å²) in [7, 11) is 3.07. The molecule has 0 radical (unpaired) electrons. The third kappa shape index (κ3) is 3.07. The number of hydrogen-bond donors (Lipinski definition) is 1. The molecule has 10 heteroatoms. The number of piperidine rings is 1. The Kier molecular flexibility index (Phi) is 4.72. The van der Waals surface area contributed by atoms with Gasteiger partial charge >= 0.3 is 0 Å². The molecule has 3 saturated heterocycles. The molecule has 3 aliphatic heterocycles. The number of morpholine rings is 1. The normalized spacial score (nSPS) is 20.2. The molecule has 156 valence electrons. The van der Waals surface area contributed by atoms with Crippen molar-refractivity contribution >= 4 is 45.9 Å². The number of fused-ring (bicyclic) bond motifs is 3. The van der Waals surface area contributed by atoms with E-state index in [0.717, 1.165) is 24.9 Å². The van der Waals surface area contributed by atoms with E-state index in [1.54, 1.807) is 12.3 Å². The first-order chi connectivity index (χ1) is 14.5. The van der Waals surface area contributed by atoms with Crippen LogP contribution in [-0.2, 0) is 4.74 Å². The Bertz CT molecular complexity index is 1110. The lowest BCUT2D eigenvalue weighted by Gasteiger charge is -2.47. The van der Waals surface area contributed by atoms with Gasteiger partial charge in [-0.15, -0.1) is 0 Å². The van der Waals surface area contributed by atoms with Crippen LogP contribution in [0.2, 0.25) is 10.0 Å². The van der Waals surface area contributed by atoms with Crippen LogP contribution in [0.1, 0.15) is 6.42 Å². The molecule has 5 heterocycles. The first-order valence-corrected chi connectivity index (χ1v) is 10.2. The smallest absolute Gasteiger partial charge is 0.220 e. The number of ether oxygens (including phenoxy) is 3. The van der Waals surface area contributed by atoms with Crippen LogP contribution in [0.4, 0.5) is 11.8 Å². The van der Waals surface area contributed by atoms with Gasteiger partial charge in [-0.3, -0.25) is 0 Å². The molecule has 2 N–H and O–H groups in total. The topological polar surface area (TPSA) is 95.6 Å². The van der Waals surface area contributed by atoms with Gasteiger partial charge in [0.2, 0.25) is 5.95 Å². The molecule has 3 aliphatic rings. The maximum atomic E-state index is 6.63. The summed E-state index contributed by atoms with van der Waals surface area (Å²) in [6, 6.07) is 3.49. The summed E-state index contributed by atoms with van der Waals surface area (Å²) in [5.41, 5.74) is 7.63. The molecule has 2 atom stereocenters. The van der Waals surface area contributed by atoms with Crippen molar-refractivity contribution in [2.45, 2.75) is 18.6 Å². The first-order valence-electron chi connectivity index (χ1n) is 9.42. The molecule has 6 rings (SSSR count). The van der Waals surface area contributed by atoms with Crippen molar-refractivity contribution in [2.75, 3.05) is 37.9 Å². The van der Waals surface area contributed by atoms with Gasteiger partial charge in [0.15, 0.2) is 5.82 Å². The quantitative estimate of drug-likeness (QED) is 0.647. The molecule has 3 aromatic rings. The van der Waals surface area contributed by atoms with Crippen LogP contribution in [0.25, 0.3) is 22.2 Å². The molecule has 8 nitrogen and oxygen atoms in total. The number of rotatable bonds is 4. The molecule has 0 spiro atoms. The zero-order valence-corrected chi connectivity index (χ0v) is 17.9. The molecule has 1 aromatic carbocycles. The van der Waals surface area contributed by atoms with Crippen LogP contribution in [0, 0.1) is 0 Å². The Morgan fingerprint density at radius 1 is 1.07 bits per heavy atom. The molecule has 2 bridgehead atoms. The number of nitrogens with zero attached hydrogens (tertiary/aromatic N) is 4. The summed E-state index contributed by atoms with van der Waals surface area (Å²) >= 11 is 13.3. The first kappa shape index (κ1) is 19.4. The van der Waals surface area contributed by atoms with Gasteiger partial charge in [-0.1, -0.05) is 23.2 Å². The molecule has 0 saturated carbocycles. The summed E-state index contributed by atoms with van der Waals surface area (Å²) in [4.78, 5) is 15.7. The van der Waals surface area contributed by atoms with Crippen molar-refractivity contribution in [1.29, 1.82) is 0 Å². The molecular weight excluding hydrogens is 429 g/mol. The van der Waals surface area contributed by atoms with E-state index < -0.39 is 0 Å². The van der Waals surface area contributed by atoms with E-state index in [-0.39, 0.29) is 18.2 Å². The van der Waals surface area contributed by atoms with Crippen LogP contribution in [-0.4, -0.2) is 54.5 Å². The van der Waals surface area contributed by atoms with Crippen molar-refractivity contribution in [2.24, 2.45) is 0 Å². The molecular formula is C20H19Cl2N5O3. The number of anilines is 2. The van der Waals surface area contributed by atoms with Gasteiger partial charge in [0.1, 0.15) is 17.0 Å². The largest absolute Gasteiger partial charge is 0.495 e. The van der Waals surface area contributed by atoms with E-state index in [0.29, 0.717) is 44.1 Å². The lowest BCUT2D eigenvalue weighted by atomic mass is 9.98. The Hall–Kier alpha value is -2.55. The van der Waals surface area contributed by atoms with Gasteiger partial charge < -0.3 is 24.8 Å². The zero-order chi connectivity index (χ0) is 21.0. The maximum Gasteiger partial charge on any atom is 0.220 e. The van der Waals surface area contributed by atoms with Crippen LogP contribution in [0.15, 0.2) is 18.3 Å².